The van der Waals surface area contributed by atoms with E-state index in [0.29, 0.717) is 12.0 Å². The van der Waals surface area contributed by atoms with Gasteiger partial charge in [0.1, 0.15) is 11.6 Å². The Bertz CT molecular complexity index is 638. The van der Waals surface area contributed by atoms with Gasteiger partial charge in [-0.15, -0.1) is 0 Å². The van der Waals surface area contributed by atoms with E-state index in [0.717, 1.165) is 10.5 Å². The average molecular weight is 318 g/mol. The van der Waals surface area contributed by atoms with Crippen molar-refractivity contribution in [2.75, 3.05) is 0 Å². The molecule has 0 bridgehead atoms. The number of rotatable bonds is 5. The number of aryl methyl sites for hydroxylation is 1. The van der Waals surface area contributed by atoms with Crippen LogP contribution in [-0.2, 0) is 15.1 Å². The van der Waals surface area contributed by atoms with Crippen molar-refractivity contribution in [3.05, 3.63) is 35.4 Å². The summed E-state index contributed by atoms with van der Waals surface area (Å²) in [5.41, 5.74) is 0.506. The van der Waals surface area contributed by atoms with E-state index in [2.05, 4.69) is 5.32 Å². The fourth-order valence-electron chi connectivity index (χ4n) is 3.02. The van der Waals surface area contributed by atoms with Crippen molar-refractivity contribution in [3.63, 3.8) is 0 Å². The molecule has 124 valence electrons. The number of hydrogen-bond donors (Lipinski definition) is 2. The van der Waals surface area contributed by atoms with Gasteiger partial charge in [0.25, 0.3) is 5.91 Å². The normalized spacial score (nSPS) is 22.4. The summed E-state index contributed by atoms with van der Waals surface area (Å²) in [6, 6.07) is 5.50. The first kappa shape index (κ1) is 17.0. The van der Waals surface area contributed by atoms with Gasteiger partial charge in [0.05, 0.1) is 0 Å². The molecule has 1 fully saturated rings. The van der Waals surface area contributed by atoms with Gasteiger partial charge in [-0.05, 0) is 24.8 Å². The fraction of sp³-hybridized carbons (Fsp3) is 0.471. The number of nitrogens with one attached hydrogen (secondary N) is 1. The largest absolute Gasteiger partial charge is 0.480 e. The van der Waals surface area contributed by atoms with Crippen LogP contribution in [0.3, 0.4) is 0 Å². The molecule has 3 amide bonds. The number of urea groups is 1. The van der Waals surface area contributed by atoms with Gasteiger partial charge in [-0.25, -0.2) is 14.5 Å². The van der Waals surface area contributed by atoms with Gasteiger partial charge >= 0.3 is 12.0 Å². The highest BCUT2D eigenvalue weighted by Gasteiger charge is 2.55. The number of hydrogen-bond acceptors (Lipinski definition) is 3. The van der Waals surface area contributed by atoms with E-state index in [-0.39, 0.29) is 5.92 Å². The molecule has 6 heteroatoms. The lowest BCUT2D eigenvalue weighted by Gasteiger charge is -2.28. The minimum atomic E-state index is -1.20. The zero-order valence-electron chi connectivity index (χ0n) is 13.8. The topological polar surface area (TPSA) is 86.7 Å². The third kappa shape index (κ3) is 2.69. The summed E-state index contributed by atoms with van der Waals surface area (Å²) in [4.78, 5) is 37.7. The smallest absolute Gasteiger partial charge is 0.327 e. The Hall–Kier alpha value is -2.37. The molecule has 0 saturated carbocycles. The lowest BCUT2D eigenvalue weighted by molar-refractivity contribution is -0.149. The number of carboxylic acid groups (broad SMARTS) is 1. The zero-order valence-corrected chi connectivity index (χ0v) is 13.8. The number of carbonyl (C=O) groups is 3. The van der Waals surface area contributed by atoms with Crippen LogP contribution in [0.5, 0.6) is 0 Å². The van der Waals surface area contributed by atoms with Crippen LogP contribution >= 0.6 is 0 Å². The van der Waals surface area contributed by atoms with Crippen molar-refractivity contribution >= 4 is 17.9 Å². The molecule has 1 heterocycles. The standard InChI is InChI=1S/C17H22N2O4/c1-5-17(12-8-6-11(4)7-9-12)15(22)19(16(23)18-17)13(10(2)3)14(20)21/h6-10,13H,5H2,1-4H3,(H,18,23)(H,20,21). The van der Waals surface area contributed by atoms with Crippen LogP contribution in [-0.4, -0.2) is 34.0 Å². The van der Waals surface area contributed by atoms with Gasteiger partial charge in [0.2, 0.25) is 0 Å². The van der Waals surface area contributed by atoms with Crippen LogP contribution in [0.1, 0.15) is 38.3 Å². The summed E-state index contributed by atoms with van der Waals surface area (Å²) >= 11 is 0. The first-order valence-corrected chi connectivity index (χ1v) is 7.70. The van der Waals surface area contributed by atoms with Crippen molar-refractivity contribution in [2.45, 2.75) is 45.7 Å². The predicted octanol–water partition coefficient (Wildman–Crippen LogP) is 2.26. The fourth-order valence-corrected chi connectivity index (χ4v) is 3.02. The highest BCUT2D eigenvalue weighted by atomic mass is 16.4. The molecule has 0 aliphatic carbocycles. The zero-order chi connectivity index (χ0) is 17.4. The van der Waals surface area contributed by atoms with E-state index in [1.807, 2.05) is 19.1 Å². The van der Waals surface area contributed by atoms with Crippen molar-refractivity contribution in [1.29, 1.82) is 0 Å². The van der Waals surface area contributed by atoms with Crippen molar-refractivity contribution < 1.29 is 19.5 Å². The molecule has 2 atom stereocenters. The molecule has 1 aromatic carbocycles. The molecule has 6 nitrogen and oxygen atoms in total. The predicted molar refractivity (Wildman–Crippen MR) is 84.8 cm³/mol. The minimum Gasteiger partial charge on any atom is -0.480 e. The van der Waals surface area contributed by atoms with Gasteiger partial charge in [-0.1, -0.05) is 50.6 Å². The van der Waals surface area contributed by atoms with E-state index in [4.69, 9.17) is 0 Å². The van der Waals surface area contributed by atoms with Crippen LogP contribution in [0, 0.1) is 12.8 Å². The molecule has 2 N–H and O–H groups in total. The minimum absolute atomic E-state index is 0.349. The van der Waals surface area contributed by atoms with Crippen LogP contribution in [0.25, 0.3) is 0 Å². The summed E-state index contributed by atoms with van der Waals surface area (Å²) in [6.07, 6.45) is 0.349. The summed E-state index contributed by atoms with van der Waals surface area (Å²) in [6.45, 7) is 7.09. The van der Waals surface area contributed by atoms with Gasteiger partial charge in [0.15, 0.2) is 0 Å². The van der Waals surface area contributed by atoms with E-state index < -0.39 is 29.5 Å². The highest BCUT2D eigenvalue weighted by molar-refractivity contribution is 6.09. The molecule has 0 aromatic heterocycles. The second-order valence-corrected chi connectivity index (χ2v) is 6.26. The quantitative estimate of drug-likeness (QED) is 0.815. The first-order valence-electron chi connectivity index (χ1n) is 7.70. The second kappa shape index (κ2) is 6.02. The summed E-state index contributed by atoms with van der Waals surface area (Å²) in [5.74, 6) is -2.07. The van der Waals surface area contributed by atoms with Crippen LogP contribution < -0.4 is 5.32 Å². The number of imide groups is 1. The van der Waals surface area contributed by atoms with E-state index >= 15 is 0 Å². The Kier molecular flexibility index (Phi) is 4.45. The van der Waals surface area contributed by atoms with Gasteiger partial charge < -0.3 is 10.4 Å². The van der Waals surface area contributed by atoms with Crippen molar-refractivity contribution in [1.82, 2.24) is 10.2 Å². The molecule has 1 saturated heterocycles. The summed E-state index contributed by atoms with van der Waals surface area (Å²) in [7, 11) is 0. The van der Waals surface area contributed by atoms with Crippen molar-refractivity contribution in [3.8, 4) is 0 Å². The summed E-state index contributed by atoms with van der Waals surface area (Å²) < 4.78 is 0. The first-order chi connectivity index (χ1) is 10.7. The molecule has 2 rings (SSSR count). The SMILES string of the molecule is CCC1(c2ccc(C)cc2)NC(=O)N(C(C(=O)O)C(C)C)C1=O. The van der Waals surface area contributed by atoms with E-state index in [9.17, 15) is 19.5 Å². The van der Waals surface area contributed by atoms with Gasteiger partial charge in [0, 0.05) is 0 Å². The molecular formula is C17H22N2O4. The van der Waals surface area contributed by atoms with Crippen molar-refractivity contribution in [2.24, 2.45) is 5.92 Å². The number of carbonyl (C=O) groups excluding carboxylic acids is 2. The van der Waals surface area contributed by atoms with E-state index in [1.165, 1.54) is 0 Å². The Balaban J connectivity index is 2.49. The molecule has 23 heavy (non-hydrogen) atoms. The number of benzene rings is 1. The highest BCUT2D eigenvalue weighted by Crippen LogP contribution is 2.34. The molecular weight excluding hydrogens is 296 g/mol. The number of carboxylic acids is 1. The Labute approximate surface area is 135 Å². The third-order valence-electron chi connectivity index (χ3n) is 4.36. The van der Waals surface area contributed by atoms with Gasteiger partial charge in [-0.3, -0.25) is 4.79 Å². The van der Waals surface area contributed by atoms with Crippen LogP contribution in [0.15, 0.2) is 24.3 Å². The van der Waals surface area contributed by atoms with Crippen LogP contribution in [0.2, 0.25) is 0 Å². The average Bonchev–Trinajstić information content (AvgIpc) is 2.73. The number of amides is 3. The second-order valence-electron chi connectivity index (χ2n) is 6.26. The lowest BCUT2D eigenvalue weighted by Crippen LogP contribution is -2.49. The third-order valence-corrected chi connectivity index (χ3v) is 4.36. The monoisotopic (exact) mass is 318 g/mol. The molecule has 1 aliphatic heterocycles. The Morgan fingerprint density at radius 3 is 2.26 bits per heavy atom. The summed E-state index contributed by atoms with van der Waals surface area (Å²) in [5, 5.41) is 12.1. The molecule has 1 aliphatic rings. The Morgan fingerprint density at radius 1 is 1.26 bits per heavy atom. The Morgan fingerprint density at radius 2 is 1.83 bits per heavy atom. The molecule has 0 spiro atoms. The molecule has 2 unspecified atom stereocenters. The maximum atomic E-state index is 13.0. The molecule has 1 aromatic rings. The van der Waals surface area contributed by atoms with E-state index in [1.54, 1.807) is 32.9 Å². The number of nitrogens with zero attached hydrogens (tertiary/aromatic N) is 1. The van der Waals surface area contributed by atoms with Gasteiger partial charge in [-0.2, -0.15) is 0 Å². The number of aliphatic carboxylic acids is 1. The molecule has 0 radical (unpaired) electrons. The maximum absolute atomic E-state index is 13.0. The lowest BCUT2D eigenvalue weighted by atomic mass is 9.86. The van der Waals surface area contributed by atoms with Crippen LogP contribution in [0.4, 0.5) is 4.79 Å². The maximum Gasteiger partial charge on any atom is 0.327 e.